The molecule has 0 saturated carbocycles. The quantitative estimate of drug-likeness (QED) is 0.624. The van der Waals surface area contributed by atoms with Crippen molar-refractivity contribution >= 4 is 44.8 Å². The maximum Gasteiger partial charge on any atom is 0.417 e. The number of para-hydroxylation sites is 1. The Morgan fingerprint density at radius 2 is 1.97 bits per heavy atom. The molecule has 1 saturated heterocycles. The van der Waals surface area contributed by atoms with Gasteiger partial charge in [-0.05, 0) is 24.6 Å². The van der Waals surface area contributed by atoms with E-state index in [1.54, 1.807) is 30.3 Å². The molecule has 1 aromatic heterocycles. The van der Waals surface area contributed by atoms with Crippen molar-refractivity contribution in [3.05, 3.63) is 53.2 Å². The summed E-state index contributed by atoms with van der Waals surface area (Å²) >= 11 is 6.80. The monoisotopic (exact) mass is 464 g/mol. The number of alkyl halides is 3. The van der Waals surface area contributed by atoms with E-state index in [1.807, 2.05) is 0 Å². The number of amides is 1. The molecule has 1 aromatic carbocycles. The predicted octanol–water partition coefficient (Wildman–Crippen LogP) is 4.07. The lowest BCUT2D eigenvalue weighted by Gasteiger charge is -2.28. The second-order valence-electron chi connectivity index (χ2n) is 6.45. The number of pyridine rings is 1. The Balaban J connectivity index is 1.77. The van der Waals surface area contributed by atoms with Gasteiger partial charge >= 0.3 is 6.18 Å². The Morgan fingerprint density at radius 3 is 2.52 bits per heavy atom. The molecule has 1 aliphatic heterocycles. The summed E-state index contributed by atoms with van der Waals surface area (Å²) in [6, 6.07) is 8.93. The summed E-state index contributed by atoms with van der Waals surface area (Å²) in [6.45, 7) is 0. The van der Waals surface area contributed by atoms with Gasteiger partial charge in [-0.1, -0.05) is 41.6 Å². The number of carbonyl (C=O) groups excluding carboxylic acids is 1. The van der Waals surface area contributed by atoms with Gasteiger partial charge in [-0.25, -0.2) is 13.4 Å². The molecule has 1 amide bonds. The lowest BCUT2D eigenvalue weighted by atomic mass is 10.2. The first-order valence-corrected chi connectivity index (χ1v) is 11.7. The van der Waals surface area contributed by atoms with Crippen molar-refractivity contribution in [1.29, 1.82) is 0 Å². The normalized spacial score (nSPS) is 18.6. The van der Waals surface area contributed by atoms with Gasteiger partial charge in [-0.3, -0.25) is 4.79 Å². The zero-order chi connectivity index (χ0) is 21.2. The number of halogens is 4. The summed E-state index contributed by atoms with van der Waals surface area (Å²) in [5, 5.41) is -0.104. The summed E-state index contributed by atoms with van der Waals surface area (Å²) in [7, 11) is -3.22. The van der Waals surface area contributed by atoms with Crippen LogP contribution in [0.25, 0.3) is 0 Å². The highest BCUT2D eigenvalue weighted by molar-refractivity contribution is 8.00. The summed E-state index contributed by atoms with van der Waals surface area (Å²) in [5.41, 5.74) is -0.410. The van der Waals surface area contributed by atoms with Crippen LogP contribution in [0.3, 0.4) is 0 Å². The van der Waals surface area contributed by atoms with Crippen LogP contribution in [-0.2, 0) is 20.8 Å². The highest BCUT2D eigenvalue weighted by Crippen LogP contribution is 2.34. The minimum absolute atomic E-state index is 0.00765. The molecule has 2 aromatic rings. The third kappa shape index (κ3) is 5.43. The Labute approximate surface area is 175 Å². The predicted molar refractivity (Wildman–Crippen MR) is 106 cm³/mol. The van der Waals surface area contributed by atoms with Crippen LogP contribution < -0.4 is 4.90 Å². The van der Waals surface area contributed by atoms with Crippen LogP contribution in [0.15, 0.2) is 47.6 Å². The number of nitrogens with zero attached hydrogens (tertiary/aromatic N) is 2. The fraction of sp³-hybridized carbons (Fsp3) is 0.333. The highest BCUT2D eigenvalue weighted by Gasteiger charge is 2.36. The van der Waals surface area contributed by atoms with E-state index < -0.39 is 27.6 Å². The van der Waals surface area contributed by atoms with E-state index in [0.29, 0.717) is 18.3 Å². The fourth-order valence-electron chi connectivity index (χ4n) is 3.01. The Kier molecular flexibility index (Phi) is 6.45. The van der Waals surface area contributed by atoms with Gasteiger partial charge in [0.1, 0.15) is 5.03 Å². The van der Waals surface area contributed by atoms with Gasteiger partial charge in [0, 0.05) is 11.9 Å². The summed E-state index contributed by atoms with van der Waals surface area (Å²) in [5.74, 6) is -0.643. The molecule has 3 rings (SSSR count). The zero-order valence-electron chi connectivity index (χ0n) is 14.9. The number of anilines is 1. The second kappa shape index (κ2) is 8.53. The average Bonchev–Trinajstić information content (AvgIpc) is 3.00. The molecule has 1 aliphatic rings. The van der Waals surface area contributed by atoms with Gasteiger partial charge in [0.25, 0.3) is 0 Å². The van der Waals surface area contributed by atoms with Crippen LogP contribution >= 0.6 is 23.4 Å². The first-order valence-electron chi connectivity index (χ1n) is 8.50. The molecule has 2 heterocycles. The number of benzene rings is 1. The first kappa shape index (κ1) is 21.9. The first-order chi connectivity index (χ1) is 13.6. The van der Waals surface area contributed by atoms with Crippen molar-refractivity contribution < 1.29 is 26.4 Å². The van der Waals surface area contributed by atoms with E-state index >= 15 is 0 Å². The number of aromatic nitrogens is 1. The number of hydrogen-bond acceptors (Lipinski definition) is 5. The van der Waals surface area contributed by atoms with Crippen molar-refractivity contribution in [2.75, 3.05) is 22.2 Å². The molecule has 156 valence electrons. The molecule has 0 unspecified atom stereocenters. The van der Waals surface area contributed by atoms with E-state index in [0.717, 1.165) is 17.8 Å². The summed E-state index contributed by atoms with van der Waals surface area (Å²) < 4.78 is 61.9. The molecule has 0 spiro atoms. The maximum atomic E-state index is 12.9. The van der Waals surface area contributed by atoms with Crippen molar-refractivity contribution in [2.24, 2.45) is 0 Å². The number of sulfone groups is 1. The lowest BCUT2D eigenvalue weighted by molar-refractivity contribution is -0.137. The molecule has 11 heteroatoms. The van der Waals surface area contributed by atoms with Gasteiger partial charge in [-0.2, -0.15) is 13.2 Å². The molecular formula is C18H16ClF3N2O3S2. The molecule has 0 aliphatic carbocycles. The molecule has 0 radical (unpaired) electrons. The van der Waals surface area contributed by atoms with Crippen LogP contribution in [-0.4, -0.2) is 42.6 Å². The third-order valence-corrected chi connectivity index (χ3v) is 7.48. The molecule has 0 N–H and O–H groups in total. The van der Waals surface area contributed by atoms with Gasteiger partial charge in [0.2, 0.25) is 5.91 Å². The van der Waals surface area contributed by atoms with Gasteiger partial charge < -0.3 is 4.90 Å². The van der Waals surface area contributed by atoms with Crippen molar-refractivity contribution in [2.45, 2.75) is 23.7 Å². The van der Waals surface area contributed by atoms with E-state index in [1.165, 1.54) is 4.90 Å². The van der Waals surface area contributed by atoms with E-state index in [2.05, 4.69) is 4.98 Å². The van der Waals surface area contributed by atoms with Crippen molar-refractivity contribution in [3.63, 3.8) is 0 Å². The van der Waals surface area contributed by atoms with E-state index in [4.69, 9.17) is 11.6 Å². The van der Waals surface area contributed by atoms with Crippen LogP contribution in [0.5, 0.6) is 0 Å². The number of hydrogen-bond donors (Lipinski definition) is 0. The fourth-order valence-corrected chi connectivity index (χ4v) is 5.77. The largest absolute Gasteiger partial charge is 0.417 e. The molecule has 1 atom stereocenters. The van der Waals surface area contributed by atoms with Crippen LogP contribution in [0.1, 0.15) is 12.0 Å². The van der Waals surface area contributed by atoms with Gasteiger partial charge in [0.05, 0.1) is 33.9 Å². The average molecular weight is 465 g/mol. The van der Waals surface area contributed by atoms with E-state index in [9.17, 15) is 26.4 Å². The number of carbonyl (C=O) groups is 1. The standard InChI is InChI=1S/C18H16ClF3N2O3S2/c19-15-8-12(18(20,21)22)9-23-17(15)28-10-16(25)24(13-4-2-1-3-5-13)14-6-7-29(26,27)11-14/h1-5,8-9,14H,6-7,10-11H2/t14-/m0/s1. The Morgan fingerprint density at radius 1 is 1.28 bits per heavy atom. The van der Waals surface area contributed by atoms with Gasteiger partial charge in [0.15, 0.2) is 9.84 Å². The molecule has 1 fully saturated rings. The summed E-state index contributed by atoms with van der Waals surface area (Å²) in [4.78, 5) is 18.1. The Bertz CT molecular complexity index is 1000. The van der Waals surface area contributed by atoms with Gasteiger partial charge in [-0.15, -0.1) is 0 Å². The highest BCUT2D eigenvalue weighted by atomic mass is 35.5. The molecule has 0 bridgehead atoms. The van der Waals surface area contributed by atoms with Crippen molar-refractivity contribution in [3.8, 4) is 0 Å². The maximum absolute atomic E-state index is 12.9. The SMILES string of the molecule is O=C(CSc1ncc(C(F)(F)F)cc1Cl)N(c1ccccc1)[C@H]1CCS(=O)(=O)C1. The number of rotatable bonds is 5. The van der Waals surface area contributed by atoms with E-state index in [-0.39, 0.29) is 33.2 Å². The van der Waals surface area contributed by atoms with Crippen LogP contribution in [0, 0.1) is 0 Å². The minimum Gasteiger partial charge on any atom is -0.308 e. The number of thioether (sulfide) groups is 1. The second-order valence-corrected chi connectivity index (χ2v) is 10.1. The molecule has 5 nitrogen and oxygen atoms in total. The van der Waals surface area contributed by atoms with Crippen LogP contribution in [0.2, 0.25) is 5.02 Å². The third-order valence-electron chi connectivity index (χ3n) is 4.34. The zero-order valence-corrected chi connectivity index (χ0v) is 17.3. The lowest BCUT2D eigenvalue weighted by Crippen LogP contribution is -2.42. The van der Waals surface area contributed by atoms with Crippen LogP contribution in [0.4, 0.5) is 18.9 Å². The topological polar surface area (TPSA) is 67.3 Å². The Hall–Kier alpha value is -1.78. The smallest absolute Gasteiger partial charge is 0.308 e. The van der Waals surface area contributed by atoms with Crippen molar-refractivity contribution in [1.82, 2.24) is 4.98 Å². The summed E-state index contributed by atoms with van der Waals surface area (Å²) in [6.07, 6.45) is -3.57. The molecule has 29 heavy (non-hydrogen) atoms. The minimum atomic E-state index is -4.56. The molecular weight excluding hydrogens is 449 g/mol.